The van der Waals surface area contributed by atoms with Crippen LogP contribution in [-0.2, 0) is 6.54 Å². The number of benzene rings is 2. The molecule has 9 heteroatoms. The summed E-state index contributed by atoms with van der Waals surface area (Å²) in [6.45, 7) is 8.73. The molecule has 0 aliphatic carbocycles. The summed E-state index contributed by atoms with van der Waals surface area (Å²) in [7, 11) is 0. The highest BCUT2D eigenvalue weighted by molar-refractivity contribution is 5.65. The summed E-state index contributed by atoms with van der Waals surface area (Å²) >= 11 is 0. The van der Waals surface area contributed by atoms with E-state index in [1.807, 2.05) is 76.2 Å². The third-order valence-electron chi connectivity index (χ3n) is 5.50. The zero-order valence-electron chi connectivity index (χ0n) is 19.4. The second kappa shape index (κ2) is 8.93. The van der Waals surface area contributed by atoms with Gasteiger partial charge in [0.25, 0.3) is 5.89 Å². The van der Waals surface area contributed by atoms with Crippen LogP contribution in [0.2, 0.25) is 0 Å². The van der Waals surface area contributed by atoms with Crippen LogP contribution in [-0.4, -0.2) is 36.7 Å². The smallest absolute Gasteiger partial charge is 0.280 e. The molecule has 0 fully saturated rings. The van der Waals surface area contributed by atoms with E-state index in [9.17, 15) is 0 Å². The number of para-hydroxylation sites is 1. The summed E-state index contributed by atoms with van der Waals surface area (Å²) in [4.78, 5) is 9.23. The Morgan fingerprint density at radius 2 is 1.82 bits per heavy atom. The maximum Gasteiger partial charge on any atom is 0.280 e. The van der Waals surface area contributed by atoms with Crippen molar-refractivity contribution in [3.63, 3.8) is 0 Å². The molecule has 3 heterocycles. The standard InChI is InChI=1S/C25H24N6O3/c1-5-32-21-12-7-6-11-19(21)23-27-25(34-29-23)22-16(3)31(30-28-22)14-20-17(4)33-24(26-20)18-10-8-9-15(2)13-18/h6-13H,5,14H2,1-4H3. The first-order valence-electron chi connectivity index (χ1n) is 11.0. The molecule has 5 aromatic rings. The summed E-state index contributed by atoms with van der Waals surface area (Å²) in [5.74, 6) is 2.75. The van der Waals surface area contributed by atoms with Crippen LogP contribution < -0.4 is 4.74 Å². The van der Waals surface area contributed by atoms with E-state index in [-0.39, 0.29) is 0 Å². The Bertz CT molecular complexity index is 1450. The van der Waals surface area contributed by atoms with Crippen LogP contribution in [0.1, 0.15) is 29.6 Å². The van der Waals surface area contributed by atoms with Crippen molar-refractivity contribution in [3.8, 4) is 40.2 Å². The van der Waals surface area contributed by atoms with Gasteiger partial charge < -0.3 is 13.7 Å². The molecule has 9 nitrogen and oxygen atoms in total. The first-order valence-corrected chi connectivity index (χ1v) is 11.0. The minimum Gasteiger partial charge on any atom is -0.493 e. The van der Waals surface area contributed by atoms with E-state index in [1.165, 1.54) is 0 Å². The number of oxazole rings is 1. The Balaban J connectivity index is 1.40. The number of aromatic nitrogens is 6. The first-order chi connectivity index (χ1) is 16.5. The lowest BCUT2D eigenvalue weighted by Crippen LogP contribution is -2.05. The van der Waals surface area contributed by atoms with Crippen LogP contribution in [0.15, 0.2) is 57.5 Å². The molecule has 0 bridgehead atoms. The topological polar surface area (TPSA) is 105 Å². The minimum absolute atomic E-state index is 0.294. The van der Waals surface area contributed by atoms with Gasteiger partial charge in [-0.2, -0.15) is 4.98 Å². The fourth-order valence-electron chi connectivity index (χ4n) is 3.69. The molecule has 0 saturated carbocycles. The average Bonchev–Trinajstić information content (AvgIpc) is 3.55. The van der Waals surface area contributed by atoms with Gasteiger partial charge >= 0.3 is 0 Å². The van der Waals surface area contributed by atoms with E-state index >= 15 is 0 Å². The molecule has 0 spiro atoms. The summed E-state index contributed by atoms with van der Waals surface area (Å²) in [6, 6.07) is 15.6. The highest BCUT2D eigenvalue weighted by Crippen LogP contribution is 2.30. The van der Waals surface area contributed by atoms with Crippen molar-refractivity contribution in [2.75, 3.05) is 6.61 Å². The van der Waals surface area contributed by atoms with Gasteiger partial charge in [-0.15, -0.1) is 5.10 Å². The van der Waals surface area contributed by atoms with E-state index in [1.54, 1.807) is 4.68 Å². The largest absolute Gasteiger partial charge is 0.493 e. The van der Waals surface area contributed by atoms with Gasteiger partial charge in [0.15, 0.2) is 5.69 Å². The van der Waals surface area contributed by atoms with Gasteiger partial charge in [-0.1, -0.05) is 40.2 Å². The molecule has 0 aliphatic heterocycles. The van der Waals surface area contributed by atoms with E-state index < -0.39 is 0 Å². The highest BCUT2D eigenvalue weighted by Gasteiger charge is 2.21. The number of hydrogen-bond donors (Lipinski definition) is 0. The molecule has 5 rings (SSSR count). The van der Waals surface area contributed by atoms with Gasteiger partial charge in [0.1, 0.15) is 17.2 Å². The van der Waals surface area contributed by atoms with E-state index in [0.717, 1.165) is 33.8 Å². The molecule has 3 aromatic heterocycles. The van der Waals surface area contributed by atoms with Crippen LogP contribution >= 0.6 is 0 Å². The van der Waals surface area contributed by atoms with Crippen molar-refractivity contribution in [2.24, 2.45) is 0 Å². The van der Waals surface area contributed by atoms with Gasteiger partial charge in [-0.05, 0) is 52.0 Å². The van der Waals surface area contributed by atoms with E-state index in [0.29, 0.717) is 42.2 Å². The summed E-state index contributed by atoms with van der Waals surface area (Å²) in [5.41, 5.74) is 4.94. The second-order valence-electron chi connectivity index (χ2n) is 7.92. The molecule has 0 atom stereocenters. The molecule has 0 amide bonds. The zero-order chi connectivity index (χ0) is 23.7. The zero-order valence-corrected chi connectivity index (χ0v) is 19.4. The predicted octanol–water partition coefficient (Wildman–Crippen LogP) is 5.02. The summed E-state index contributed by atoms with van der Waals surface area (Å²) in [6.07, 6.45) is 0. The highest BCUT2D eigenvalue weighted by atomic mass is 16.5. The normalized spacial score (nSPS) is 11.2. The molecule has 34 heavy (non-hydrogen) atoms. The van der Waals surface area contributed by atoms with Crippen molar-refractivity contribution < 1.29 is 13.7 Å². The fourth-order valence-corrected chi connectivity index (χ4v) is 3.69. The van der Waals surface area contributed by atoms with Gasteiger partial charge in [0.2, 0.25) is 11.7 Å². The maximum atomic E-state index is 5.92. The Morgan fingerprint density at radius 1 is 0.971 bits per heavy atom. The predicted molar refractivity (Wildman–Crippen MR) is 125 cm³/mol. The number of ether oxygens (including phenoxy) is 1. The molecule has 172 valence electrons. The van der Waals surface area contributed by atoms with Gasteiger partial charge in [-0.3, -0.25) is 0 Å². The number of hydrogen-bond acceptors (Lipinski definition) is 8. The van der Waals surface area contributed by atoms with Gasteiger partial charge in [-0.25, -0.2) is 9.67 Å². The van der Waals surface area contributed by atoms with E-state index in [2.05, 4.69) is 25.4 Å². The Kier molecular flexibility index (Phi) is 5.67. The lowest BCUT2D eigenvalue weighted by atomic mass is 10.1. The number of rotatable bonds is 7. The monoisotopic (exact) mass is 456 g/mol. The molecule has 0 unspecified atom stereocenters. The van der Waals surface area contributed by atoms with Crippen molar-refractivity contribution in [3.05, 3.63) is 71.2 Å². The molecule has 0 aliphatic rings. The molecule has 0 saturated heterocycles. The van der Waals surface area contributed by atoms with Crippen LogP contribution in [0.4, 0.5) is 0 Å². The van der Waals surface area contributed by atoms with Crippen LogP contribution in [0.3, 0.4) is 0 Å². The first kappa shape index (κ1) is 21.6. The number of aryl methyl sites for hydroxylation is 2. The molecular formula is C25H24N6O3. The summed E-state index contributed by atoms with van der Waals surface area (Å²) in [5, 5.41) is 12.7. The minimum atomic E-state index is 0.294. The Labute approximate surface area is 196 Å². The molecule has 2 aromatic carbocycles. The maximum absolute atomic E-state index is 5.92. The lowest BCUT2D eigenvalue weighted by Gasteiger charge is -2.05. The molecule has 0 radical (unpaired) electrons. The molecular weight excluding hydrogens is 432 g/mol. The fraction of sp³-hybridized carbons (Fsp3) is 0.240. The van der Waals surface area contributed by atoms with E-state index in [4.69, 9.17) is 13.7 Å². The third-order valence-corrected chi connectivity index (χ3v) is 5.50. The SMILES string of the molecule is CCOc1ccccc1-c1noc(-c2nnn(Cc3nc(-c4cccc(C)c4)oc3C)c2C)n1. The van der Waals surface area contributed by atoms with Crippen molar-refractivity contribution in [2.45, 2.75) is 34.2 Å². The van der Waals surface area contributed by atoms with Crippen molar-refractivity contribution in [1.82, 2.24) is 30.1 Å². The second-order valence-corrected chi connectivity index (χ2v) is 7.92. The summed E-state index contributed by atoms with van der Waals surface area (Å²) < 4.78 is 18.9. The quantitative estimate of drug-likeness (QED) is 0.336. The Hall–Kier alpha value is -4.27. The van der Waals surface area contributed by atoms with Crippen LogP contribution in [0, 0.1) is 20.8 Å². The van der Waals surface area contributed by atoms with Crippen LogP contribution in [0.5, 0.6) is 5.75 Å². The van der Waals surface area contributed by atoms with Crippen molar-refractivity contribution >= 4 is 0 Å². The van der Waals surface area contributed by atoms with Crippen molar-refractivity contribution in [1.29, 1.82) is 0 Å². The van der Waals surface area contributed by atoms with Gasteiger partial charge in [0, 0.05) is 5.56 Å². The lowest BCUT2D eigenvalue weighted by molar-refractivity contribution is 0.341. The Morgan fingerprint density at radius 3 is 2.65 bits per heavy atom. The third kappa shape index (κ3) is 4.07. The molecule has 0 N–H and O–H groups in total. The van der Waals surface area contributed by atoms with Crippen LogP contribution in [0.25, 0.3) is 34.4 Å². The number of nitrogens with zero attached hydrogens (tertiary/aromatic N) is 6. The van der Waals surface area contributed by atoms with Gasteiger partial charge in [0.05, 0.1) is 24.4 Å². The average molecular weight is 457 g/mol.